The molecule has 0 bridgehead atoms. The van der Waals surface area contributed by atoms with Gasteiger partial charge in [-0.2, -0.15) is 5.48 Å². The molecule has 1 saturated heterocycles. The van der Waals surface area contributed by atoms with E-state index in [1.165, 1.54) is 19.3 Å². The van der Waals surface area contributed by atoms with Crippen molar-refractivity contribution in [1.29, 1.82) is 0 Å². The minimum absolute atomic E-state index is 0.332. The summed E-state index contributed by atoms with van der Waals surface area (Å²) in [5.74, 6) is 0. The van der Waals surface area contributed by atoms with E-state index >= 15 is 0 Å². The summed E-state index contributed by atoms with van der Waals surface area (Å²) in [6.07, 6.45) is 5.27. The summed E-state index contributed by atoms with van der Waals surface area (Å²) in [6, 6.07) is 0.471. The Morgan fingerprint density at radius 1 is 1.22 bits per heavy atom. The lowest BCUT2D eigenvalue weighted by Crippen LogP contribution is -2.32. The van der Waals surface area contributed by atoms with Crippen molar-refractivity contribution in [2.75, 3.05) is 0 Å². The zero-order chi connectivity index (χ0) is 6.10. The topological polar surface area (TPSA) is 30.5 Å². The van der Waals surface area contributed by atoms with Crippen LogP contribution in [0.3, 0.4) is 0 Å². The lowest BCUT2D eigenvalue weighted by molar-refractivity contribution is -0.307. The molecule has 2 atom stereocenters. The Balaban J connectivity index is 1.97. The van der Waals surface area contributed by atoms with Gasteiger partial charge in [0.15, 0.2) is 0 Å². The van der Waals surface area contributed by atoms with E-state index in [1.54, 1.807) is 0 Å². The lowest BCUT2D eigenvalue weighted by Gasteiger charge is -2.19. The van der Waals surface area contributed by atoms with Crippen LogP contribution in [0.5, 0.6) is 0 Å². The molecule has 2 unspecified atom stereocenters. The maximum atomic E-state index is 4.95. The Labute approximate surface area is 54.2 Å². The maximum Gasteiger partial charge on any atom is 0.113 e. The molecule has 1 N–H and O–H groups in total. The van der Waals surface area contributed by atoms with E-state index in [1.807, 2.05) is 0 Å². The van der Waals surface area contributed by atoms with Crippen LogP contribution in [0.1, 0.15) is 25.7 Å². The highest BCUT2D eigenvalue weighted by Gasteiger charge is 2.31. The highest BCUT2D eigenvalue weighted by molar-refractivity contribution is 4.79. The Morgan fingerprint density at radius 2 is 2.11 bits per heavy atom. The smallest absolute Gasteiger partial charge is 0.113 e. The van der Waals surface area contributed by atoms with Crippen LogP contribution < -0.4 is 5.48 Å². The van der Waals surface area contributed by atoms with Crippen LogP contribution in [0.15, 0.2) is 0 Å². The van der Waals surface area contributed by atoms with Crippen molar-refractivity contribution in [2.24, 2.45) is 0 Å². The number of nitrogens with one attached hydrogen (secondary N) is 1. The predicted molar refractivity (Wildman–Crippen MR) is 31.3 cm³/mol. The van der Waals surface area contributed by atoms with Gasteiger partial charge in [0.2, 0.25) is 0 Å². The molecule has 2 aliphatic rings. The Kier molecular flexibility index (Phi) is 1.41. The van der Waals surface area contributed by atoms with Crippen molar-refractivity contribution in [2.45, 2.75) is 37.8 Å². The average Bonchev–Trinajstić information content (AvgIpc) is 2.33. The summed E-state index contributed by atoms with van der Waals surface area (Å²) < 4.78 is 0. The fourth-order valence-electron chi connectivity index (χ4n) is 1.50. The normalized spacial score (nSPS) is 42.7. The van der Waals surface area contributed by atoms with Gasteiger partial charge in [0.1, 0.15) is 6.10 Å². The van der Waals surface area contributed by atoms with E-state index < -0.39 is 0 Å². The van der Waals surface area contributed by atoms with Gasteiger partial charge in [-0.05, 0) is 12.8 Å². The van der Waals surface area contributed by atoms with Crippen LogP contribution >= 0.6 is 0 Å². The van der Waals surface area contributed by atoms with Gasteiger partial charge in [-0.25, -0.2) is 4.89 Å². The van der Waals surface area contributed by atoms with E-state index in [-0.39, 0.29) is 0 Å². The first-order valence-corrected chi connectivity index (χ1v) is 3.54. The van der Waals surface area contributed by atoms with Gasteiger partial charge in [-0.15, -0.1) is 4.99 Å². The molecule has 1 aliphatic heterocycles. The summed E-state index contributed by atoms with van der Waals surface area (Å²) in [7, 11) is 0. The molecule has 3 nitrogen and oxygen atoms in total. The molecule has 0 spiro atoms. The van der Waals surface area contributed by atoms with Crippen molar-refractivity contribution in [1.82, 2.24) is 5.48 Å². The van der Waals surface area contributed by atoms with Gasteiger partial charge in [0.25, 0.3) is 0 Å². The first-order valence-electron chi connectivity index (χ1n) is 3.54. The molecule has 0 aromatic heterocycles. The molecule has 0 amide bonds. The third-order valence-electron chi connectivity index (χ3n) is 2.07. The van der Waals surface area contributed by atoms with Crippen LogP contribution in [-0.4, -0.2) is 12.1 Å². The molecular formula is C6H11NO2. The number of fused-ring (bicyclic) bond motifs is 1. The van der Waals surface area contributed by atoms with Crippen LogP contribution in [0.4, 0.5) is 0 Å². The quantitative estimate of drug-likeness (QED) is 0.490. The van der Waals surface area contributed by atoms with Crippen molar-refractivity contribution in [3.8, 4) is 0 Å². The first-order chi connectivity index (χ1) is 4.47. The number of hydroxylamine groups is 1. The molecule has 1 saturated carbocycles. The molecule has 0 radical (unpaired) electrons. The van der Waals surface area contributed by atoms with Gasteiger partial charge in [-0.3, -0.25) is 0 Å². The molecule has 52 valence electrons. The van der Waals surface area contributed by atoms with Gasteiger partial charge in [0.05, 0.1) is 6.04 Å². The molecule has 0 aromatic carbocycles. The van der Waals surface area contributed by atoms with Crippen molar-refractivity contribution >= 4 is 0 Å². The SMILES string of the molecule is C1CCC2OONC2C1. The van der Waals surface area contributed by atoms with Crippen molar-refractivity contribution in [3.05, 3.63) is 0 Å². The zero-order valence-corrected chi connectivity index (χ0v) is 5.30. The number of hydrogen-bond donors (Lipinski definition) is 1. The second-order valence-electron chi connectivity index (χ2n) is 2.73. The zero-order valence-electron chi connectivity index (χ0n) is 5.30. The molecule has 1 aliphatic carbocycles. The second kappa shape index (κ2) is 2.25. The molecule has 1 heterocycles. The highest BCUT2D eigenvalue weighted by atomic mass is 17.3. The largest absolute Gasteiger partial charge is 0.213 e. The maximum absolute atomic E-state index is 4.95. The van der Waals surface area contributed by atoms with Gasteiger partial charge in [0, 0.05) is 0 Å². The molecule has 2 fully saturated rings. The van der Waals surface area contributed by atoms with Gasteiger partial charge in [-0.1, -0.05) is 12.8 Å². The van der Waals surface area contributed by atoms with E-state index in [2.05, 4.69) is 10.5 Å². The lowest BCUT2D eigenvalue weighted by atomic mass is 9.94. The minimum atomic E-state index is 0.332. The Morgan fingerprint density at radius 3 is 3.00 bits per heavy atom. The summed E-state index contributed by atoms with van der Waals surface area (Å²) in [4.78, 5) is 9.59. The predicted octanol–water partition coefficient (Wildman–Crippen LogP) is 0.764. The standard InChI is InChI=1S/C6H11NO2/c1-2-4-6-5(3-1)7-9-8-6/h5-7H,1-4H2. The van der Waals surface area contributed by atoms with Gasteiger partial charge < -0.3 is 0 Å². The summed E-state index contributed by atoms with van der Waals surface area (Å²) in [5, 5.41) is 0. The molecule has 0 aromatic rings. The van der Waals surface area contributed by atoms with Crippen LogP contribution in [0.25, 0.3) is 0 Å². The second-order valence-corrected chi connectivity index (χ2v) is 2.73. The highest BCUT2D eigenvalue weighted by Crippen LogP contribution is 2.24. The van der Waals surface area contributed by atoms with E-state index in [0.717, 1.165) is 6.42 Å². The average molecular weight is 129 g/mol. The van der Waals surface area contributed by atoms with Crippen molar-refractivity contribution < 1.29 is 9.88 Å². The summed E-state index contributed by atoms with van der Waals surface area (Å²) >= 11 is 0. The first kappa shape index (κ1) is 5.65. The van der Waals surface area contributed by atoms with Crippen molar-refractivity contribution in [3.63, 3.8) is 0 Å². The Hall–Kier alpha value is -0.120. The molecular weight excluding hydrogens is 118 g/mol. The summed E-state index contributed by atoms with van der Waals surface area (Å²) in [5.41, 5.74) is 2.84. The fraction of sp³-hybridized carbons (Fsp3) is 1.00. The van der Waals surface area contributed by atoms with Gasteiger partial charge >= 0.3 is 0 Å². The summed E-state index contributed by atoms with van der Waals surface area (Å²) in [6.45, 7) is 0. The van der Waals surface area contributed by atoms with E-state index in [4.69, 9.17) is 4.89 Å². The third-order valence-corrected chi connectivity index (χ3v) is 2.07. The van der Waals surface area contributed by atoms with Crippen LogP contribution in [-0.2, 0) is 9.88 Å². The number of rotatable bonds is 0. The molecule has 2 rings (SSSR count). The van der Waals surface area contributed by atoms with Crippen LogP contribution in [0.2, 0.25) is 0 Å². The van der Waals surface area contributed by atoms with E-state index in [9.17, 15) is 0 Å². The monoisotopic (exact) mass is 129 g/mol. The van der Waals surface area contributed by atoms with E-state index in [0.29, 0.717) is 12.1 Å². The molecule has 9 heavy (non-hydrogen) atoms. The number of hydrogen-bond acceptors (Lipinski definition) is 3. The fourth-order valence-corrected chi connectivity index (χ4v) is 1.50. The third kappa shape index (κ3) is 0.956. The Bertz CT molecular complexity index is 95.2. The molecule has 3 heteroatoms. The minimum Gasteiger partial charge on any atom is -0.213 e. The van der Waals surface area contributed by atoms with Crippen LogP contribution in [0, 0.1) is 0 Å².